The molecule has 4 nitrogen and oxygen atoms in total. The smallest absolute Gasteiger partial charge is 0.150 e. The van der Waals surface area contributed by atoms with E-state index < -0.39 is 9.84 Å². The van der Waals surface area contributed by atoms with Crippen molar-refractivity contribution in [1.29, 1.82) is 0 Å². The molecule has 1 N–H and O–H groups in total. The summed E-state index contributed by atoms with van der Waals surface area (Å²) in [5, 5.41) is 3.46. The monoisotopic (exact) mass is 241 g/mol. The van der Waals surface area contributed by atoms with Gasteiger partial charge in [0.25, 0.3) is 0 Å². The molecule has 0 unspecified atom stereocenters. The Bertz CT molecular complexity index is 489. The summed E-state index contributed by atoms with van der Waals surface area (Å²) in [6.07, 6.45) is 3.95. The summed E-state index contributed by atoms with van der Waals surface area (Å²) in [5.74, 6) is 1.49. The van der Waals surface area contributed by atoms with Crippen LogP contribution in [0.4, 0.5) is 0 Å². The second-order valence-corrected chi connectivity index (χ2v) is 6.99. The zero-order valence-electron chi connectivity index (χ0n) is 9.03. The summed E-state index contributed by atoms with van der Waals surface area (Å²) in [6.45, 7) is 0.909. The van der Waals surface area contributed by atoms with Crippen molar-refractivity contribution in [3.05, 3.63) is 23.7 Å². The van der Waals surface area contributed by atoms with Gasteiger partial charge in [0.1, 0.15) is 15.6 Å². The lowest BCUT2D eigenvalue weighted by Crippen LogP contribution is -2.51. The number of sulfone groups is 1. The Balaban J connectivity index is 1.97. The van der Waals surface area contributed by atoms with E-state index in [1.165, 1.54) is 5.56 Å². The summed E-state index contributed by atoms with van der Waals surface area (Å²) in [7, 11) is -2.83. The molecule has 2 aliphatic rings. The van der Waals surface area contributed by atoms with Gasteiger partial charge in [-0.1, -0.05) is 0 Å². The highest BCUT2D eigenvalue weighted by atomic mass is 32.2. The predicted molar refractivity (Wildman–Crippen MR) is 60.0 cm³/mol. The Morgan fingerprint density at radius 2 is 2.06 bits per heavy atom. The van der Waals surface area contributed by atoms with Gasteiger partial charge in [0, 0.05) is 6.54 Å². The number of hydrogen-bond donors (Lipinski definition) is 1. The van der Waals surface area contributed by atoms with Gasteiger partial charge in [-0.15, -0.1) is 0 Å². The summed E-state index contributed by atoms with van der Waals surface area (Å²) < 4.78 is 28.5. The van der Waals surface area contributed by atoms with Gasteiger partial charge >= 0.3 is 0 Å². The molecular formula is C11H15NO3S. The van der Waals surface area contributed by atoms with Crippen molar-refractivity contribution >= 4 is 9.84 Å². The average molecular weight is 241 g/mol. The highest BCUT2D eigenvalue weighted by molar-refractivity contribution is 7.91. The Hall–Kier alpha value is -0.810. The number of rotatable bonds is 0. The largest absolute Gasteiger partial charge is 0.467 e. The summed E-state index contributed by atoms with van der Waals surface area (Å²) >= 11 is 0. The van der Waals surface area contributed by atoms with Crippen LogP contribution >= 0.6 is 0 Å². The molecule has 0 bridgehead atoms. The molecule has 0 saturated carbocycles. The summed E-state index contributed by atoms with van der Waals surface area (Å²) in [6, 6.07) is 2.00. The first-order chi connectivity index (χ1) is 7.61. The van der Waals surface area contributed by atoms with Crippen LogP contribution in [-0.2, 0) is 21.8 Å². The Morgan fingerprint density at radius 1 is 1.31 bits per heavy atom. The van der Waals surface area contributed by atoms with E-state index in [0.29, 0.717) is 12.8 Å². The minimum atomic E-state index is -2.83. The Morgan fingerprint density at radius 3 is 2.81 bits per heavy atom. The third-order valence-electron chi connectivity index (χ3n) is 3.72. The summed E-state index contributed by atoms with van der Waals surface area (Å²) in [4.78, 5) is 0. The third kappa shape index (κ3) is 1.50. The number of nitrogens with one attached hydrogen (secondary N) is 1. The van der Waals surface area contributed by atoms with E-state index in [2.05, 4.69) is 5.32 Å². The molecule has 0 atom stereocenters. The molecule has 3 heterocycles. The van der Waals surface area contributed by atoms with E-state index in [1.54, 1.807) is 6.26 Å². The zero-order valence-corrected chi connectivity index (χ0v) is 9.85. The van der Waals surface area contributed by atoms with Crippen molar-refractivity contribution in [2.24, 2.45) is 0 Å². The lowest BCUT2D eigenvalue weighted by atomic mass is 9.84. The maximum absolute atomic E-state index is 11.5. The van der Waals surface area contributed by atoms with Crippen LogP contribution in [0, 0.1) is 0 Å². The molecule has 2 aliphatic heterocycles. The van der Waals surface area contributed by atoms with Gasteiger partial charge < -0.3 is 9.73 Å². The van der Waals surface area contributed by atoms with Crippen LogP contribution in [0.1, 0.15) is 24.2 Å². The fraction of sp³-hybridized carbons (Fsp3) is 0.636. The van der Waals surface area contributed by atoms with Crippen molar-refractivity contribution in [1.82, 2.24) is 5.32 Å². The first kappa shape index (κ1) is 10.4. The van der Waals surface area contributed by atoms with E-state index in [-0.39, 0.29) is 17.0 Å². The first-order valence-electron chi connectivity index (χ1n) is 5.64. The SMILES string of the molecule is O=S1(=O)CCC2(CC1)NCCc1ccoc12. The van der Waals surface area contributed by atoms with E-state index in [0.717, 1.165) is 18.7 Å². The minimum Gasteiger partial charge on any atom is -0.467 e. The maximum atomic E-state index is 11.5. The van der Waals surface area contributed by atoms with Gasteiger partial charge in [0.05, 0.1) is 23.3 Å². The van der Waals surface area contributed by atoms with Crippen molar-refractivity contribution in [2.75, 3.05) is 18.1 Å². The van der Waals surface area contributed by atoms with Crippen LogP contribution in [-0.4, -0.2) is 26.5 Å². The molecule has 3 rings (SSSR count). The topological polar surface area (TPSA) is 59.3 Å². The molecule has 16 heavy (non-hydrogen) atoms. The molecular weight excluding hydrogens is 226 g/mol. The van der Waals surface area contributed by atoms with Gasteiger partial charge in [-0.25, -0.2) is 8.42 Å². The quantitative estimate of drug-likeness (QED) is 0.731. The van der Waals surface area contributed by atoms with Gasteiger partial charge in [-0.2, -0.15) is 0 Å². The molecule has 1 fully saturated rings. The van der Waals surface area contributed by atoms with Crippen LogP contribution in [0.25, 0.3) is 0 Å². The molecule has 1 aromatic rings. The Labute approximate surface area is 94.9 Å². The van der Waals surface area contributed by atoms with Crippen LogP contribution in [0.5, 0.6) is 0 Å². The zero-order chi connectivity index (χ0) is 11.2. The molecule has 5 heteroatoms. The standard InChI is InChI=1S/C11H15NO3S/c13-16(14)7-3-11(4-8-16)10-9(1-5-12-11)2-6-15-10/h2,6,12H,1,3-5,7-8H2. The molecule has 1 saturated heterocycles. The average Bonchev–Trinajstić information content (AvgIpc) is 2.72. The van der Waals surface area contributed by atoms with E-state index in [4.69, 9.17) is 4.42 Å². The fourth-order valence-corrected chi connectivity index (χ4v) is 4.28. The number of hydrogen-bond acceptors (Lipinski definition) is 4. The van der Waals surface area contributed by atoms with E-state index in [9.17, 15) is 8.42 Å². The summed E-state index contributed by atoms with van der Waals surface area (Å²) in [5.41, 5.74) is 1.01. The predicted octanol–water partition coefficient (Wildman–Crippen LogP) is 0.829. The van der Waals surface area contributed by atoms with Crippen molar-refractivity contribution in [3.8, 4) is 0 Å². The number of fused-ring (bicyclic) bond motifs is 2. The molecule has 0 aliphatic carbocycles. The fourth-order valence-electron chi connectivity index (χ4n) is 2.76. The molecule has 0 aromatic carbocycles. The van der Waals surface area contributed by atoms with Gasteiger partial charge in [-0.05, 0) is 30.9 Å². The highest BCUT2D eigenvalue weighted by Gasteiger charge is 2.43. The molecule has 1 aromatic heterocycles. The normalized spacial score (nSPS) is 26.5. The molecule has 88 valence electrons. The highest BCUT2D eigenvalue weighted by Crippen LogP contribution is 2.38. The minimum absolute atomic E-state index is 0.220. The van der Waals surface area contributed by atoms with Gasteiger partial charge in [-0.3, -0.25) is 0 Å². The van der Waals surface area contributed by atoms with Crippen LogP contribution in [0.15, 0.2) is 16.7 Å². The van der Waals surface area contributed by atoms with Crippen LogP contribution in [0.2, 0.25) is 0 Å². The van der Waals surface area contributed by atoms with Crippen LogP contribution < -0.4 is 5.32 Å². The molecule has 1 spiro atoms. The first-order valence-corrected chi connectivity index (χ1v) is 7.46. The number of furan rings is 1. The maximum Gasteiger partial charge on any atom is 0.150 e. The van der Waals surface area contributed by atoms with Crippen molar-refractivity contribution in [2.45, 2.75) is 24.8 Å². The van der Waals surface area contributed by atoms with E-state index >= 15 is 0 Å². The molecule has 0 radical (unpaired) electrons. The lowest BCUT2D eigenvalue weighted by molar-refractivity contribution is 0.231. The van der Waals surface area contributed by atoms with Crippen molar-refractivity contribution < 1.29 is 12.8 Å². The van der Waals surface area contributed by atoms with Gasteiger partial charge in [0.15, 0.2) is 0 Å². The van der Waals surface area contributed by atoms with E-state index in [1.807, 2.05) is 6.07 Å². The van der Waals surface area contributed by atoms with Gasteiger partial charge in [0.2, 0.25) is 0 Å². The van der Waals surface area contributed by atoms with Crippen LogP contribution in [0.3, 0.4) is 0 Å². The van der Waals surface area contributed by atoms with Crippen molar-refractivity contribution in [3.63, 3.8) is 0 Å². The second kappa shape index (κ2) is 3.34. The third-order valence-corrected chi connectivity index (χ3v) is 5.37. The second-order valence-electron chi connectivity index (χ2n) is 4.69. The lowest BCUT2D eigenvalue weighted by Gasteiger charge is -2.39. The molecule has 0 amide bonds. The Kier molecular flexibility index (Phi) is 2.16.